The second-order valence-corrected chi connectivity index (χ2v) is 4.34. The van der Waals surface area contributed by atoms with Crippen molar-refractivity contribution in [1.82, 2.24) is 4.98 Å². The third-order valence-electron chi connectivity index (χ3n) is 2.96. The minimum atomic E-state index is -1.28. The van der Waals surface area contributed by atoms with Crippen LogP contribution in [0.1, 0.15) is 28.9 Å². The van der Waals surface area contributed by atoms with Crippen LogP contribution in [-0.4, -0.2) is 16.1 Å². The number of anilines is 2. The first kappa shape index (κ1) is 13.8. The number of pyridine rings is 1. The Morgan fingerprint density at radius 1 is 1.45 bits per heavy atom. The van der Waals surface area contributed by atoms with Crippen LogP contribution in [0, 0.1) is 5.82 Å². The first-order chi connectivity index (χ1) is 9.50. The lowest BCUT2D eigenvalue weighted by atomic mass is 10.1. The van der Waals surface area contributed by atoms with E-state index >= 15 is 0 Å². The maximum absolute atomic E-state index is 13.4. The number of carbonyl (C=O) groups is 1. The van der Waals surface area contributed by atoms with Crippen molar-refractivity contribution < 1.29 is 14.3 Å². The lowest BCUT2D eigenvalue weighted by Crippen LogP contribution is -2.13. The van der Waals surface area contributed by atoms with Crippen molar-refractivity contribution >= 4 is 17.3 Å². The normalized spacial score (nSPS) is 11.9. The van der Waals surface area contributed by atoms with E-state index in [0.717, 1.165) is 11.6 Å². The van der Waals surface area contributed by atoms with E-state index in [1.165, 1.54) is 6.07 Å². The lowest BCUT2D eigenvalue weighted by Gasteiger charge is -2.18. The number of nitrogens with zero attached hydrogens (tertiary/aromatic N) is 1. The van der Waals surface area contributed by atoms with Crippen LogP contribution >= 0.6 is 0 Å². The van der Waals surface area contributed by atoms with Gasteiger partial charge < -0.3 is 16.2 Å². The van der Waals surface area contributed by atoms with E-state index in [0.29, 0.717) is 0 Å². The molecular weight excluding hydrogens is 261 g/mol. The Hall–Kier alpha value is -2.63. The number of rotatable bonds is 4. The number of aromatic nitrogens is 1. The maximum Gasteiger partial charge on any atom is 0.340 e. The third-order valence-corrected chi connectivity index (χ3v) is 2.96. The first-order valence-electron chi connectivity index (χ1n) is 5.98. The molecule has 0 aliphatic rings. The van der Waals surface area contributed by atoms with E-state index in [1.807, 2.05) is 13.0 Å². The lowest BCUT2D eigenvalue weighted by molar-refractivity contribution is 0.0698. The summed E-state index contributed by atoms with van der Waals surface area (Å²) < 4.78 is 13.4. The zero-order chi connectivity index (χ0) is 14.7. The molecule has 20 heavy (non-hydrogen) atoms. The number of hydrogen-bond donors (Lipinski definition) is 3. The molecule has 0 spiro atoms. The van der Waals surface area contributed by atoms with Crippen molar-refractivity contribution in [3.8, 4) is 0 Å². The highest BCUT2D eigenvalue weighted by Gasteiger charge is 2.19. The summed E-state index contributed by atoms with van der Waals surface area (Å²) in [6, 6.07) is 5.96. The molecule has 0 saturated carbocycles. The van der Waals surface area contributed by atoms with Crippen molar-refractivity contribution in [2.24, 2.45) is 0 Å². The van der Waals surface area contributed by atoms with E-state index in [9.17, 15) is 9.18 Å². The van der Waals surface area contributed by atoms with Crippen molar-refractivity contribution in [2.75, 3.05) is 11.1 Å². The van der Waals surface area contributed by atoms with Crippen LogP contribution in [0.5, 0.6) is 0 Å². The number of nitrogens with one attached hydrogen (secondary N) is 1. The summed E-state index contributed by atoms with van der Waals surface area (Å²) in [6.45, 7) is 1.85. The molecule has 0 fully saturated rings. The molecule has 2 rings (SSSR count). The van der Waals surface area contributed by atoms with Gasteiger partial charge in [0.25, 0.3) is 0 Å². The molecule has 0 amide bonds. The average molecular weight is 275 g/mol. The summed E-state index contributed by atoms with van der Waals surface area (Å²) in [4.78, 5) is 15.2. The number of hydrogen-bond acceptors (Lipinski definition) is 4. The highest BCUT2D eigenvalue weighted by Crippen LogP contribution is 2.28. The van der Waals surface area contributed by atoms with Crippen molar-refractivity contribution in [3.63, 3.8) is 0 Å². The van der Waals surface area contributed by atoms with Gasteiger partial charge in [-0.25, -0.2) is 9.18 Å². The summed E-state index contributed by atoms with van der Waals surface area (Å²) in [5.41, 5.74) is 6.01. The van der Waals surface area contributed by atoms with Crippen LogP contribution in [-0.2, 0) is 0 Å². The van der Waals surface area contributed by atoms with E-state index in [4.69, 9.17) is 10.8 Å². The molecule has 1 aromatic heterocycles. The topological polar surface area (TPSA) is 88.2 Å². The van der Waals surface area contributed by atoms with Crippen LogP contribution < -0.4 is 11.1 Å². The summed E-state index contributed by atoms with van der Waals surface area (Å²) >= 11 is 0. The molecule has 4 N–H and O–H groups in total. The van der Waals surface area contributed by atoms with Crippen LogP contribution in [0.3, 0.4) is 0 Å². The predicted octanol–water partition coefficient (Wildman–Crippen LogP) is 2.67. The molecule has 104 valence electrons. The van der Waals surface area contributed by atoms with Gasteiger partial charge in [-0.3, -0.25) is 4.98 Å². The Morgan fingerprint density at radius 2 is 2.20 bits per heavy atom. The number of carboxylic acid groups (broad SMARTS) is 1. The molecule has 1 atom stereocenters. The highest BCUT2D eigenvalue weighted by molar-refractivity contribution is 6.00. The molecule has 1 heterocycles. The van der Waals surface area contributed by atoms with Gasteiger partial charge in [-0.1, -0.05) is 6.07 Å². The fourth-order valence-corrected chi connectivity index (χ4v) is 1.89. The molecular formula is C14H14FN3O2. The molecule has 0 radical (unpaired) electrons. The van der Waals surface area contributed by atoms with Crippen LogP contribution in [0.15, 0.2) is 36.7 Å². The van der Waals surface area contributed by atoms with Gasteiger partial charge in [0.05, 0.1) is 17.4 Å². The number of halogens is 1. The van der Waals surface area contributed by atoms with Gasteiger partial charge in [0, 0.05) is 12.4 Å². The zero-order valence-electron chi connectivity index (χ0n) is 10.8. The van der Waals surface area contributed by atoms with Gasteiger partial charge in [-0.05, 0) is 30.7 Å². The van der Waals surface area contributed by atoms with E-state index in [1.54, 1.807) is 18.5 Å². The maximum atomic E-state index is 13.4. The Kier molecular flexibility index (Phi) is 3.84. The third kappa shape index (κ3) is 2.69. The largest absolute Gasteiger partial charge is 0.478 e. The zero-order valence-corrected chi connectivity index (χ0v) is 10.8. The Morgan fingerprint density at radius 3 is 2.80 bits per heavy atom. The Labute approximate surface area is 115 Å². The Balaban J connectivity index is 2.35. The highest BCUT2D eigenvalue weighted by atomic mass is 19.1. The quantitative estimate of drug-likeness (QED) is 0.746. The van der Waals surface area contributed by atoms with Crippen molar-refractivity contribution in [2.45, 2.75) is 13.0 Å². The molecule has 5 nitrogen and oxygen atoms in total. The summed E-state index contributed by atoms with van der Waals surface area (Å²) in [5, 5.41) is 12.2. The predicted molar refractivity (Wildman–Crippen MR) is 74.0 cm³/mol. The summed E-state index contributed by atoms with van der Waals surface area (Å²) in [6.07, 6.45) is 3.32. The number of nitrogen functional groups attached to an aromatic ring is 1. The van der Waals surface area contributed by atoms with Gasteiger partial charge in [0.1, 0.15) is 11.4 Å². The molecule has 0 bridgehead atoms. The first-order valence-corrected chi connectivity index (χ1v) is 5.98. The fraction of sp³-hybridized carbons (Fsp3) is 0.143. The SMILES string of the molecule is CC(Nc1ccc(F)c(N)c1C(=O)O)c1cccnc1. The smallest absolute Gasteiger partial charge is 0.340 e. The molecule has 2 aromatic rings. The van der Waals surface area contributed by atoms with Crippen LogP contribution in [0.4, 0.5) is 15.8 Å². The minimum absolute atomic E-state index is 0.188. The summed E-state index contributed by atoms with van der Waals surface area (Å²) in [7, 11) is 0. The molecule has 0 aliphatic carbocycles. The van der Waals surface area contributed by atoms with Gasteiger partial charge in [0.2, 0.25) is 0 Å². The standard InChI is InChI=1S/C14H14FN3O2/c1-8(9-3-2-6-17-7-9)18-11-5-4-10(15)13(16)12(11)14(19)20/h2-8,18H,16H2,1H3,(H,19,20). The van der Waals surface area contributed by atoms with Gasteiger partial charge in [-0.15, -0.1) is 0 Å². The van der Waals surface area contributed by atoms with Crippen LogP contribution in [0.25, 0.3) is 0 Å². The number of benzene rings is 1. The number of carboxylic acids is 1. The molecule has 6 heteroatoms. The van der Waals surface area contributed by atoms with Gasteiger partial charge in [0.15, 0.2) is 0 Å². The van der Waals surface area contributed by atoms with Crippen LogP contribution in [0.2, 0.25) is 0 Å². The van der Waals surface area contributed by atoms with E-state index in [2.05, 4.69) is 10.3 Å². The van der Waals surface area contributed by atoms with Gasteiger partial charge in [-0.2, -0.15) is 0 Å². The number of aromatic carboxylic acids is 1. The summed E-state index contributed by atoms with van der Waals surface area (Å²) in [5.74, 6) is -2.02. The average Bonchev–Trinajstić information content (AvgIpc) is 2.43. The number of nitrogens with two attached hydrogens (primary N) is 1. The molecule has 1 unspecified atom stereocenters. The molecule has 0 saturated heterocycles. The second kappa shape index (κ2) is 5.56. The van der Waals surface area contributed by atoms with Crippen molar-refractivity contribution in [1.29, 1.82) is 0 Å². The van der Waals surface area contributed by atoms with E-state index in [-0.39, 0.29) is 23.0 Å². The fourth-order valence-electron chi connectivity index (χ4n) is 1.89. The van der Waals surface area contributed by atoms with Gasteiger partial charge >= 0.3 is 5.97 Å². The van der Waals surface area contributed by atoms with Crippen molar-refractivity contribution in [3.05, 3.63) is 53.6 Å². The second-order valence-electron chi connectivity index (χ2n) is 4.34. The molecule has 1 aromatic carbocycles. The minimum Gasteiger partial charge on any atom is -0.478 e. The monoisotopic (exact) mass is 275 g/mol. The Bertz CT molecular complexity index is 632. The van der Waals surface area contributed by atoms with E-state index < -0.39 is 11.8 Å². The molecule has 0 aliphatic heterocycles.